The van der Waals surface area contributed by atoms with E-state index in [1.807, 2.05) is 62.4 Å². The van der Waals surface area contributed by atoms with Gasteiger partial charge in [-0.3, -0.25) is 9.69 Å². The molecule has 1 amide bonds. The van der Waals surface area contributed by atoms with Crippen LogP contribution in [-0.2, 0) is 6.54 Å². The Hall–Kier alpha value is -3.12. The molecule has 5 nitrogen and oxygen atoms in total. The number of thiazole rings is 1. The van der Waals surface area contributed by atoms with Crippen molar-refractivity contribution >= 4 is 32.6 Å². The van der Waals surface area contributed by atoms with Gasteiger partial charge in [0.15, 0.2) is 5.13 Å². The van der Waals surface area contributed by atoms with Crippen molar-refractivity contribution in [3.63, 3.8) is 0 Å². The van der Waals surface area contributed by atoms with E-state index in [-0.39, 0.29) is 5.91 Å². The number of nitrogens with zero attached hydrogens (tertiary/aromatic N) is 2. The molecule has 2 aromatic heterocycles. The number of hydrogen-bond acceptors (Lipinski definition) is 5. The number of aryl methyl sites for hydroxylation is 2. The van der Waals surface area contributed by atoms with Gasteiger partial charge in [0.25, 0.3) is 5.91 Å². The first kappa shape index (κ1) is 18.3. The van der Waals surface area contributed by atoms with E-state index in [9.17, 15) is 4.79 Å². The van der Waals surface area contributed by atoms with Gasteiger partial charge in [-0.2, -0.15) is 0 Å². The molecule has 28 heavy (non-hydrogen) atoms. The Balaban J connectivity index is 1.76. The first-order valence-corrected chi connectivity index (χ1v) is 9.73. The number of methoxy groups -OCH3 is 1. The van der Waals surface area contributed by atoms with E-state index in [1.54, 1.807) is 18.3 Å². The van der Waals surface area contributed by atoms with Crippen LogP contribution in [-0.4, -0.2) is 18.0 Å². The third kappa shape index (κ3) is 3.51. The summed E-state index contributed by atoms with van der Waals surface area (Å²) in [5.41, 5.74) is 3.67. The van der Waals surface area contributed by atoms with Crippen molar-refractivity contribution in [1.29, 1.82) is 0 Å². The van der Waals surface area contributed by atoms with Crippen molar-refractivity contribution in [1.82, 2.24) is 4.98 Å². The lowest BCUT2D eigenvalue weighted by molar-refractivity contribution is 0.0983. The monoisotopic (exact) mass is 392 g/mol. The van der Waals surface area contributed by atoms with Gasteiger partial charge in [-0.15, -0.1) is 0 Å². The second-order valence-corrected chi connectivity index (χ2v) is 7.61. The molecule has 0 aliphatic carbocycles. The molecule has 0 saturated carbocycles. The Labute approximate surface area is 167 Å². The van der Waals surface area contributed by atoms with Gasteiger partial charge >= 0.3 is 0 Å². The number of benzene rings is 2. The predicted molar refractivity (Wildman–Crippen MR) is 111 cm³/mol. The molecule has 0 atom stereocenters. The van der Waals surface area contributed by atoms with Gasteiger partial charge in [-0.1, -0.05) is 17.4 Å². The second kappa shape index (κ2) is 7.48. The van der Waals surface area contributed by atoms with Gasteiger partial charge < -0.3 is 9.15 Å². The molecule has 0 spiro atoms. The van der Waals surface area contributed by atoms with Gasteiger partial charge in [-0.25, -0.2) is 4.98 Å². The Morgan fingerprint density at radius 2 is 2.00 bits per heavy atom. The van der Waals surface area contributed by atoms with Crippen molar-refractivity contribution in [3.8, 4) is 5.75 Å². The van der Waals surface area contributed by atoms with Crippen molar-refractivity contribution in [2.75, 3.05) is 12.0 Å². The van der Waals surface area contributed by atoms with Crippen LogP contribution in [0.4, 0.5) is 5.13 Å². The van der Waals surface area contributed by atoms with Crippen LogP contribution in [0.15, 0.2) is 59.2 Å². The smallest absolute Gasteiger partial charge is 0.260 e. The summed E-state index contributed by atoms with van der Waals surface area (Å²) in [6, 6.07) is 15.2. The van der Waals surface area contributed by atoms with Crippen molar-refractivity contribution in [3.05, 3.63) is 77.2 Å². The van der Waals surface area contributed by atoms with Gasteiger partial charge in [0.2, 0.25) is 0 Å². The Kier molecular flexibility index (Phi) is 4.88. The summed E-state index contributed by atoms with van der Waals surface area (Å²) in [6.45, 7) is 4.35. The number of fused-ring (bicyclic) bond motifs is 1. The second-order valence-electron chi connectivity index (χ2n) is 6.60. The number of amides is 1. The van der Waals surface area contributed by atoms with E-state index in [0.29, 0.717) is 23.0 Å². The molecule has 2 heterocycles. The molecular weight excluding hydrogens is 372 g/mol. The summed E-state index contributed by atoms with van der Waals surface area (Å²) < 4.78 is 11.8. The molecule has 0 N–H and O–H groups in total. The number of ether oxygens (including phenoxy) is 1. The molecule has 4 aromatic rings. The van der Waals surface area contributed by atoms with Crippen molar-refractivity contribution in [2.45, 2.75) is 20.4 Å². The number of hydrogen-bond donors (Lipinski definition) is 0. The Morgan fingerprint density at radius 1 is 1.14 bits per heavy atom. The molecule has 0 saturated heterocycles. The summed E-state index contributed by atoms with van der Waals surface area (Å²) in [7, 11) is 1.63. The summed E-state index contributed by atoms with van der Waals surface area (Å²) in [5.74, 6) is 1.34. The Bertz CT molecular complexity index is 1130. The maximum Gasteiger partial charge on any atom is 0.260 e. The quantitative estimate of drug-likeness (QED) is 0.459. The molecule has 6 heteroatoms. The fraction of sp³-hybridized carbons (Fsp3) is 0.182. The number of anilines is 1. The maximum absolute atomic E-state index is 13.4. The van der Waals surface area contributed by atoms with Crippen molar-refractivity contribution in [2.24, 2.45) is 0 Å². The lowest BCUT2D eigenvalue weighted by Crippen LogP contribution is -2.30. The molecule has 0 aliphatic rings. The average Bonchev–Trinajstić information content (AvgIpc) is 3.36. The maximum atomic E-state index is 13.4. The summed E-state index contributed by atoms with van der Waals surface area (Å²) in [6.07, 6.45) is 1.61. The number of furan rings is 1. The zero-order chi connectivity index (χ0) is 19.7. The van der Waals surface area contributed by atoms with Crippen LogP contribution in [0.3, 0.4) is 0 Å². The lowest BCUT2D eigenvalue weighted by atomic mass is 10.1. The molecule has 0 bridgehead atoms. The van der Waals surface area contributed by atoms with Crippen LogP contribution in [0.1, 0.15) is 27.2 Å². The minimum Gasteiger partial charge on any atom is -0.497 e. The first-order chi connectivity index (χ1) is 13.5. The molecular formula is C22H20N2O3S. The number of aromatic nitrogens is 1. The molecule has 0 radical (unpaired) electrons. The van der Waals surface area contributed by atoms with E-state index in [4.69, 9.17) is 14.1 Å². The molecule has 0 fully saturated rings. The van der Waals surface area contributed by atoms with Crippen LogP contribution in [0.25, 0.3) is 10.2 Å². The highest BCUT2D eigenvalue weighted by Gasteiger charge is 2.23. The highest BCUT2D eigenvalue weighted by molar-refractivity contribution is 7.22. The van der Waals surface area contributed by atoms with E-state index in [1.165, 1.54) is 11.3 Å². The molecule has 0 unspecified atom stereocenters. The van der Waals surface area contributed by atoms with Gasteiger partial charge in [0.05, 0.1) is 30.1 Å². The van der Waals surface area contributed by atoms with E-state index in [2.05, 4.69) is 0 Å². The average molecular weight is 392 g/mol. The number of rotatable bonds is 5. The highest BCUT2D eigenvalue weighted by Crippen LogP contribution is 2.33. The normalized spacial score (nSPS) is 11.0. The van der Waals surface area contributed by atoms with Gasteiger partial charge in [-0.05, 0) is 61.4 Å². The van der Waals surface area contributed by atoms with Gasteiger partial charge in [0, 0.05) is 11.6 Å². The highest BCUT2D eigenvalue weighted by atomic mass is 32.1. The van der Waals surface area contributed by atoms with Crippen LogP contribution >= 0.6 is 11.3 Å². The minimum absolute atomic E-state index is 0.106. The third-order valence-corrected chi connectivity index (χ3v) is 5.77. The van der Waals surface area contributed by atoms with Gasteiger partial charge in [0.1, 0.15) is 11.5 Å². The standard InChI is InChI=1S/C22H20N2O3S/c1-14-6-7-16(11-15(14)2)21(25)24(13-18-5-4-10-27-18)22-23-19-12-17(26-3)8-9-20(19)28-22/h4-12H,13H2,1-3H3. The van der Waals surface area contributed by atoms with Crippen LogP contribution in [0.5, 0.6) is 5.75 Å². The Morgan fingerprint density at radius 3 is 2.71 bits per heavy atom. The largest absolute Gasteiger partial charge is 0.497 e. The summed E-state index contributed by atoms with van der Waals surface area (Å²) in [5, 5.41) is 0.628. The predicted octanol–water partition coefficient (Wildman–Crippen LogP) is 5.36. The van der Waals surface area contributed by atoms with Crippen LogP contribution in [0, 0.1) is 13.8 Å². The minimum atomic E-state index is -0.106. The van der Waals surface area contributed by atoms with Crippen LogP contribution < -0.4 is 9.64 Å². The number of carbonyl (C=O) groups is 1. The van der Waals surface area contributed by atoms with Crippen molar-refractivity contribution < 1.29 is 13.9 Å². The topological polar surface area (TPSA) is 55.6 Å². The first-order valence-electron chi connectivity index (χ1n) is 8.91. The SMILES string of the molecule is COc1ccc2sc(N(Cc3ccco3)C(=O)c3ccc(C)c(C)c3)nc2c1. The third-order valence-electron chi connectivity index (χ3n) is 4.71. The number of carbonyl (C=O) groups excluding carboxylic acids is 1. The fourth-order valence-electron chi connectivity index (χ4n) is 2.95. The zero-order valence-corrected chi connectivity index (χ0v) is 16.7. The summed E-state index contributed by atoms with van der Waals surface area (Å²) >= 11 is 1.47. The molecule has 142 valence electrons. The van der Waals surface area contributed by atoms with E-state index < -0.39 is 0 Å². The molecule has 0 aliphatic heterocycles. The van der Waals surface area contributed by atoms with E-state index >= 15 is 0 Å². The fourth-order valence-corrected chi connectivity index (χ4v) is 3.90. The lowest BCUT2D eigenvalue weighted by Gasteiger charge is -2.19. The zero-order valence-electron chi connectivity index (χ0n) is 15.9. The molecule has 2 aromatic carbocycles. The van der Waals surface area contributed by atoms with E-state index in [0.717, 1.165) is 27.1 Å². The van der Waals surface area contributed by atoms with Crippen LogP contribution in [0.2, 0.25) is 0 Å². The molecule has 4 rings (SSSR count). The summed E-state index contributed by atoms with van der Waals surface area (Å²) in [4.78, 5) is 19.7.